The largest absolute Gasteiger partial charge is 0.778 e. The number of anilines is 3. The van der Waals surface area contributed by atoms with Gasteiger partial charge >= 0.3 is 0 Å². The van der Waals surface area contributed by atoms with Gasteiger partial charge in [0.05, 0.1) is 5.69 Å². The Balaban J connectivity index is 2.22. The SMILES string of the molecule is [S-]c1ccccc1N(c1ccccc1)c1ccccc1Br. The lowest BCUT2D eigenvalue weighted by atomic mass is 10.2. The molecule has 0 heterocycles. The van der Waals surface area contributed by atoms with Crippen LogP contribution in [0.5, 0.6) is 0 Å². The van der Waals surface area contributed by atoms with E-state index in [2.05, 4.69) is 45.1 Å². The maximum Gasteiger partial charge on any atom is 0.0603 e. The smallest absolute Gasteiger partial charge is 0.0603 e. The van der Waals surface area contributed by atoms with Crippen molar-refractivity contribution in [3.8, 4) is 0 Å². The summed E-state index contributed by atoms with van der Waals surface area (Å²) in [4.78, 5) is 3.00. The lowest BCUT2D eigenvalue weighted by molar-refractivity contribution is 1.22. The molecule has 0 bridgehead atoms. The molecule has 104 valence electrons. The van der Waals surface area contributed by atoms with Gasteiger partial charge in [0.15, 0.2) is 0 Å². The minimum Gasteiger partial charge on any atom is -0.778 e. The monoisotopic (exact) mass is 354 g/mol. The Bertz CT molecular complexity index is 697. The molecule has 0 aliphatic carbocycles. The molecule has 1 nitrogen and oxygen atoms in total. The fourth-order valence-corrected chi connectivity index (χ4v) is 2.96. The first-order chi connectivity index (χ1) is 10.3. The number of hydrogen-bond acceptors (Lipinski definition) is 2. The van der Waals surface area contributed by atoms with Gasteiger partial charge in [-0.25, -0.2) is 0 Å². The van der Waals surface area contributed by atoms with Crippen LogP contribution in [0.3, 0.4) is 0 Å². The van der Waals surface area contributed by atoms with Gasteiger partial charge in [0, 0.05) is 15.8 Å². The van der Waals surface area contributed by atoms with Crippen molar-refractivity contribution in [2.75, 3.05) is 4.90 Å². The third-order valence-electron chi connectivity index (χ3n) is 3.21. The first-order valence-corrected chi connectivity index (χ1v) is 7.83. The summed E-state index contributed by atoms with van der Waals surface area (Å²) in [6.07, 6.45) is 0. The number of nitrogens with zero attached hydrogens (tertiary/aromatic N) is 1. The van der Waals surface area contributed by atoms with E-state index < -0.39 is 0 Å². The van der Waals surface area contributed by atoms with Gasteiger partial charge in [-0.2, -0.15) is 4.90 Å². The van der Waals surface area contributed by atoms with Crippen molar-refractivity contribution in [1.82, 2.24) is 0 Å². The normalized spacial score (nSPS) is 10.3. The highest BCUT2D eigenvalue weighted by molar-refractivity contribution is 9.10. The van der Waals surface area contributed by atoms with Crippen LogP contribution in [-0.4, -0.2) is 0 Å². The molecule has 0 saturated heterocycles. The van der Waals surface area contributed by atoms with Crippen LogP contribution in [0.4, 0.5) is 17.1 Å². The van der Waals surface area contributed by atoms with E-state index in [0.29, 0.717) is 0 Å². The van der Waals surface area contributed by atoms with Gasteiger partial charge in [-0.05, 0) is 46.3 Å². The molecule has 0 N–H and O–H groups in total. The predicted octanol–water partition coefficient (Wildman–Crippen LogP) is 5.82. The third kappa shape index (κ3) is 2.94. The van der Waals surface area contributed by atoms with E-state index in [1.165, 1.54) is 0 Å². The molecule has 0 amide bonds. The van der Waals surface area contributed by atoms with Crippen LogP contribution in [0.1, 0.15) is 0 Å². The summed E-state index contributed by atoms with van der Waals surface area (Å²) in [6, 6.07) is 26.4. The van der Waals surface area contributed by atoms with Crippen LogP contribution >= 0.6 is 15.9 Å². The molecule has 0 saturated carbocycles. The van der Waals surface area contributed by atoms with Gasteiger partial charge in [-0.1, -0.05) is 48.5 Å². The van der Waals surface area contributed by atoms with Crippen LogP contribution in [0.2, 0.25) is 0 Å². The van der Waals surface area contributed by atoms with Crippen molar-refractivity contribution in [3.05, 3.63) is 83.3 Å². The molecule has 0 aliphatic heterocycles. The highest BCUT2D eigenvalue weighted by Crippen LogP contribution is 2.39. The summed E-state index contributed by atoms with van der Waals surface area (Å²) < 4.78 is 1.03. The van der Waals surface area contributed by atoms with Crippen molar-refractivity contribution < 1.29 is 0 Å². The van der Waals surface area contributed by atoms with Gasteiger partial charge in [0.1, 0.15) is 0 Å². The molecule has 21 heavy (non-hydrogen) atoms. The van der Waals surface area contributed by atoms with Gasteiger partial charge in [-0.15, -0.1) is 0 Å². The summed E-state index contributed by atoms with van der Waals surface area (Å²) in [5, 5.41) is 0. The van der Waals surface area contributed by atoms with Gasteiger partial charge in [0.2, 0.25) is 0 Å². The zero-order valence-corrected chi connectivity index (χ0v) is 13.6. The Kier molecular flexibility index (Phi) is 4.23. The first-order valence-electron chi connectivity index (χ1n) is 6.63. The van der Waals surface area contributed by atoms with E-state index >= 15 is 0 Å². The molecule has 3 aromatic rings. The van der Waals surface area contributed by atoms with E-state index in [1.807, 2.05) is 54.6 Å². The fourth-order valence-electron chi connectivity index (χ4n) is 2.26. The Morgan fingerprint density at radius 1 is 0.667 bits per heavy atom. The third-order valence-corrected chi connectivity index (χ3v) is 4.23. The molecule has 0 fully saturated rings. The van der Waals surface area contributed by atoms with E-state index in [4.69, 9.17) is 12.6 Å². The number of halogens is 1. The van der Waals surface area contributed by atoms with Crippen molar-refractivity contribution in [3.63, 3.8) is 0 Å². The lowest BCUT2D eigenvalue weighted by Crippen LogP contribution is -2.11. The zero-order chi connectivity index (χ0) is 14.7. The minimum atomic E-state index is 0.831. The lowest BCUT2D eigenvalue weighted by Gasteiger charge is -2.30. The summed E-state index contributed by atoms with van der Waals surface area (Å²) in [7, 11) is 0. The molecule has 0 radical (unpaired) electrons. The fraction of sp³-hybridized carbons (Fsp3) is 0. The second-order valence-corrected chi connectivity index (χ2v) is 5.88. The second kappa shape index (κ2) is 6.29. The van der Waals surface area contributed by atoms with Crippen molar-refractivity contribution in [2.24, 2.45) is 0 Å². The van der Waals surface area contributed by atoms with E-state index in [-0.39, 0.29) is 0 Å². The molecule has 0 aliphatic rings. The van der Waals surface area contributed by atoms with E-state index in [9.17, 15) is 0 Å². The second-order valence-electron chi connectivity index (χ2n) is 4.59. The van der Waals surface area contributed by atoms with Crippen molar-refractivity contribution >= 4 is 45.6 Å². The quantitative estimate of drug-likeness (QED) is 0.544. The van der Waals surface area contributed by atoms with Crippen LogP contribution in [0.25, 0.3) is 0 Å². The minimum absolute atomic E-state index is 0.831. The van der Waals surface area contributed by atoms with Gasteiger partial charge in [0.25, 0.3) is 0 Å². The van der Waals surface area contributed by atoms with Crippen LogP contribution in [0, 0.1) is 0 Å². The molecule has 0 aromatic heterocycles. The maximum absolute atomic E-state index is 5.51. The summed E-state index contributed by atoms with van der Waals surface area (Å²) in [5.41, 5.74) is 3.16. The predicted molar refractivity (Wildman–Crippen MR) is 94.5 cm³/mol. The number of para-hydroxylation sites is 3. The Morgan fingerprint density at radius 3 is 1.90 bits per heavy atom. The molecule has 0 atom stereocenters. The Morgan fingerprint density at radius 2 is 1.24 bits per heavy atom. The van der Waals surface area contributed by atoms with Crippen LogP contribution < -0.4 is 4.90 Å². The highest BCUT2D eigenvalue weighted by Gasteiger charge is 2.14. The molecule has 3 rings (SSSR count). The van der Waals surface area contributed by atoms with Gasteiger partial charge < -0.3 is 17.5 Å². The molecule has 3 heteroatoms. The molecule has 0 spiro atoms. The van der Waals surface area contributed by atoms with Crippen LogP contribution in [-0.2, 0) is 12.6 Å². The van der Waals surface area contributed by atoms with E-state index in [0.717, 1.165) is 26.4 Å². The number of hydrogen-bond donors (Lipinski definition) is 0. The average molecular weight is 355 g/mol. The molecule has 3 aromatic carbocycles. The first kappa shape index (κ1) is 14.1. The number of rotatable bonds is 3. The van der Waals surface area contributed by atoms with Crippen LogP contribution in [0.15, 0.2) is 88.2 Å². The van der Waals surface area contributed by atoms with Crippen molar-refractivity contribution in [2.45, 2.75) is 4.90 Å². The maximum atomic E-state index is 5.51. The summed E-state index contributed by atoms with van der Waals surface area (Å²) in [5.74, 6) is 0. The topological polar surface area (TPSA) is 3.24 Å². The van der Waals surface area contributed by atoms with E-state index in [1.54, 1.807) is 0 Å². The molecular weight excluding hydrogens is 342 g/mol. The molecular formula is C18H13BrNS-. The summed E-state index contributed by atoms with van der Waals surface area (Å²) in [6.45, 7) is 0. The Hall–Kier alpha value is -1.84. The highest BCUT2D eigenvalue weighted by atomic mass is 79.9. The number of benzene rings is 3. The summed E-state index contributed by atoms with van der Waals surface area (Å²) >= 11 is 9.15. The zero-order valence-electron chi connectivity index (χ0n) is 11.2. The van der Waals surface area contributed by atoms with Crippen molar-refractivity contribution in [1.29, 1.82) is 0 Å². The van der Waals surface area contributed by atoms with Gasteiger partial charge in [-0.3, -0.25) is 0 Å². The molecule has 0 unspecified atom stereocenters. The average Bonchev–Trinajstić information content (AvgIpc) is 2.52. The standard InChI is InChI=1S/C18H14BrNS/c19-15-10-4-5-11-16(15)20(14-8-2-1-3-9-14)17-12-6-7-13-18(17)21/h1-13,21H/p-1. The Labute approximate surface area is 138 Å².